The van der Waals surface area contributed by atoms with Crippen LogP contribution in [0.1, 0.15) is 66.4 Å². The maximum atomic E-state index is 12.6. The van der Waals surface area contributed by atoms with Crippen molar-refractivity contribution in [3.8, 4) is 0 Å². The van der Waals surface area contributed by atoms with Crippen molar-refractivity contribution in [1.82, 2.24) is 10.2 Å². The van der Waals surface area contributed by atoms with Gasteiger partial charge in [-0.15, -0.1) is 0 Å². The minimum Gasteiger partial charge on any atom is -0.349 e. The van der Waals surface area contributed by atoms with Crippen molar-refractivity contribution in [1.29, 1.82) is 0 Å². The molecular formula is C22H33N3O2. The van der Waals surface area contributed by atoms with Gasteiger partial charge in [0.1, 0.15) is 0 Å². The van der Waals surface area contributed by atoms with E-state index >= 15 is 0 Å². The highest BCUT2D eigenvalue weighted by atomic mass is 16.2. The molecule has 0 heterocycles. The van der Waals surface area contributed by atoms with E-state index in [1.165, 1.54) is 6.42 Å². The monoisotopic (exact) mass is 371 g/mol. The number of nitrogens with one attached hydrogen (secondary N) is 1. The second kappa shape index (κ2) is 8.42. The van der Waals surface area contributed by atoms with E-state index in [0.717, 1.165) is 55.2 Å². The highest BCUT2D eigenvalue weighted by Gasteiger charge is 2.34. The standard InChI is InChI=1S/C22H33N3O2/c1-14-6-4-9-19(15(14)2)21(26)24-17-12-10-16(11-13-17)20(23)22(27)25(3)18-7-5-8-18/h4,6,9,16-18,20H,5,7-8,10-13,23H2,1-3H3,(H,24,26)/t16?,17?,20-/m0/s1. The van der Waals surface area contributed by atoms with Crippen molar-refractivity contribution >= 4 is 11.8 Å². The second-order valence-electron chi connectivity index (χ2n) is 8.39. The van der Waals surface area contributed by atoms with Crippen molar-refractivity contribution in [2.75, 3.05) is 7.05 Å². The predicted molar refractivity (Wildman–Crippen MR) is 108 cm³/mol. The highest BCUT2D eigenvalue weighted by molar-refractivity contribution is 5.96. The lowest BCUT2D eigenvalue weighted by Crippen LogP contribution is -2.52. The average Bonchev–Trinajstić information content (AvgIpc) is 2.61. The molecule has 0 radical (unpaired) electrons. The number of likely N-dealkylation sites (N-methyl/N-ethyl adjacent to an activating group) is 1. The first kappa shape index (κ1) is 19.9. The molecule has 0 bridgehead atoms. The molecule has 0 saturated heterocycles. The quantitative estimate of drug-likeness (QED) is 0.836. The molecule has 148 valence electrons. The topological polar surface area (TPSA) is 75.4 Å². The molecule has 0 spiro atoms. The number of hydrogen-bond donors (Lipinski definition) is 2. The van der Waals surface area contributed by atoms with Gasteiger partial charge in [0.05, 0.1) is 6.04 Å². The SMILES string of the molecule is Cc1cccc(C(=O)NC2CCC([C@H](N)C(=O)N(C)C3CCC3)CC2)c1C. The minimum atomic E-state index is -0.411. The molecule has 5 heteroatoms. The number of amides is 2. The van der Waals surface area contributed by atoms with Crippen LogP contribution in [0.15, 0.2) is 18.2 Å². The molecule has 2 aliphatic carbocycles. The van der Waals surface area contributed by atoms with Gasteiger partial charge in [-0.05, 0) is 81.9 Å². The van der Waals surface area contributed by atoms with Gasteiger partial charge in [0.2, 0.25) is 5.91 Å². The van der Waals surface area contributed by atoms with Crippen LogP contribution < -0.4 is 11.1 Å². The molecule has 0 aliphatic heterocycles. The predicted octanol–water partition coefficient (Wildman–Crippen LogP) is 2.93. The first-order valence-corrected chi connectivity index (χ1v) is 10.3. The van der Waals surface area contributed by atoms with Crippen molar-refractivity contribution in [2.24, 2.45) is 11.7 Å². The highest BCUT2D eigenvalue weighted by Crippen LogP contribution is 2.29. The third kappa shape index (κ3) is 4.34. The van der Waals surface area contributed by atoms with Crippen molar-refractivity contribution in [3.05, 3.63) is 34.9 Å². The Morgan fingerprint density at radius 3 is 2.37 bits per heavy atom. The molecule has 2 amide bonds. The molecule has 0 unspecified atom stereocenters. The molecule has 3 N–H and O–H groups in total. The third-order valence-corrected chi connectivity index (χ3v) is 6.72. The van der Waals surface area contributed by atoms with Crippen LogP contribution in [0.2, 0.25) is 0 Å². The van der Waals surface area contributed by atoms with Gasteiger partial charge in [0.25, 0.3) is 5.91 Å². The van der Waals surface area contributed by atoms with Crippen LogP contribution in [0.5, 0.6) is 0 Å². The Labute approximate surface area is 162 Å². The summed E-state index contributed by atoms with van der Waals surface area (Å²) in [7, 11) is 1.89. The zero-order valence-electron chi connectivity index (χ0n) is 16.8. The van der Waals surface area contributed by atoms with Gasteiger partial charge in [-0.2, -0.15) is 0 Å². The van der Waals surface area contributed by atoms with Crippen LogP contribution in [0.3, 0.4) is 0 Å². The summed E-state index contributed by atoms with van der Waals surface area (Å²) in [6.45, 7) is 4.01. The van der Waals surface area contributed by atoms with Crippen LogP contribution in [-0.4, -0.2) is 41.9 Å². The normalized spacial score (nSPS) is 24.0. The molecule has 1 atom stereocenters. The lowest BCUT2D eigenvalue weighted by atomic mass is 9.80. The molecule has 0 aromatic heterocycles. The third-order valence-electron chi connectivity index (χ3n) is 6.72. The molecule has 1 aromatic rings. The summed E-state index contributed by atoms with van der Waals surface area (Å²) in [4.78, 5) is 27.1. The Kier molecular flexibility index (Phi) is 6.20. The molecule has 2 fully saturated rings. The van der Waals surface area contributed by atoms with Gasteiger partial charge in [-0.1, -0.05) is 12.1 Å². The van der Waals surface area contributed by atoms with Crippen LogP contribution in [0.4, 0.5) is 0 Å². The van der Waals surface area contributed by atoms with Gasteiger partial charge in [0.15, 0.2) is 0 Å². The minimum absolute atomic E-state index is 0.00439. The van der Waals surface area contributed by atoms with Crippen LogP contribution in [0.25, 0.3) is 0 Å². The fraction of sp³-hybridized carbons (Fsp3) is 0.636. The van der Waals surface area contributed by atoms with Crippen molar-refractivity contribution in [3.63, 3.8) is 0 Å². The summed E-state index contributed by atoms with van der Waals surface area (Å²) < 4.78 is 0. The number of nitrogens with zero attached hydrogens (tertiary/aromatic N) is 1. The summed E-state index contributed by atoms with van der Waals surface area (Å²) >= 11 is 0. The van der Waals surface area contributed by atoms with Gasteiger partial charge in [-0.25, -0.2) is 0 Å². The lowest BCUT2D eigenvalue weighted by Gasteiger charge is -2.39. The first-order valence-electron chi connectivity index (χ1n) is 10.3. The van der Waals surface area contributed by atoms with Crippen molar-refractivity contribution < 1.29 is 9.59 Å². The smallest absolute Gasteiger partial charge is 0.251 e. The van der Waals surface area contributed by atoms with E-state index in [1.807, 2.05) is 44.0 Å². The van der Waals surface area contributed by atoms with E-state index in [4.69, 9.17) is 5.73 Å². The Balaban J connectivity index is 1.50. The Morgan fingerprint density at radius 1 is 1.11 bits per heavy atom. The van der Waals surface area contributed by atoms with Gasteiger partial charge in [0, 0.05) is 24.7 Å². The van der Waals surface area contributed by atoms with Crippen LogP contribution in [0, 0.1) is 19.8 Å². The van der Waals surface area contributed by atoms with E-state index < -0.39 is 6.04 Å². The molecule has 3 rings (SSSR count). The molecule has 27 heavy (non-hydrogen) atoms. The Morgan fingerprint density at radius 2 is 1.78 bits per heavy atom. The number of rotatable bonds is 5. The number of carbonyl (C=O) groups excluding carboxylic acids is 2. The number of benzene rings is 1. The van der Waals surface area contributed by atoms with Gasteiger partial charge < -0.3 is 16.0 Å². The fourth-order valence-corrected chi connectivity index (χ4v) is 4.27. The van der Waals surface area contributed by atoms with E-state index in [2.05, 4.69) is 5.32 Å². The summed E-state index contributed by atoms with van der Waals surface area (Å²) in [5.41, 5.74) is 9.23. The fourth-order valence-electron chi connectivity index (χ4n) is 4.27. The maximum absolute atomic E-state index is 12.6. The summed E-state index contributed by atoms with van der Waals surface area (Å²) in [5.74, 6) is 0.307. The van der Waals surface area contributed by atoms with E-state index in [9.17, 15) is 9.59 Å². The summed E-state index contributed by atoms with van der Waals surface area (Å²) in [5, 5.41) is 3.18. The van der Waals surface area contributed by atoms with Crippen LogP contribution in [-0.2, 0) is 4.79 Å². The van der Waals surface area contributed by atoms with E-state index in [-0.39, 0.29) is 23.8 Å². The zero-order chi connectivity index (χ0) is 19.6. The molecule has 1 aromatic carbocycles. The number of nitrogens with two attached hydrogens (primary N) is 1. The van der Waals surface area contributed by atoms with E-state index in [1.54, 1.807) is 0 Å². The Hall–Kier alpha value is -1.88. The largest absolute Gasteiger partial charge is 0.349 e. The Bertz CT molecular complexity index is 691. The average molecular weight is 372 g/mol. The van der Waals surface area contributed by atoms with Crippen LogP contribution >= 0.6 is 0 Å². The summed E-state index contributed by atoms with van der Waals surface area (Å²) in [6, 6.07) is 5.98. The number of aryl methyl sites for hydroxylation is 1. The van der Waals surface area contributed by atoms with E-state index in [0.29, 0.717) is 6.04 Å². The van der Waals surface area contributed by atoms with Gasteiger partial charge in [-0.3, -0.25) is 9.59 Å². The number of hydrogen-bond acceptors (Lipinski definition) is 3. The summed E-state index contributed by atoms with van der Waals surface area (Å²) in [6.07, 6.45) is 6.97. The lowest BCUT2D eigenvalue weighted by molar-refractivity contribution is -0.136. The maximum Gasteiger partial charge on any atom is 0.251 e. The molecule has 2 saturated carbocycles. The molecular weight excluding hydrogens is 338 g/mol. The molecule has 2 aliphatic rings. The first-order chi connectivity index (χ1) is 12.9. The molecule has 5 nitrogen and oxygen atoms in total. The van der Waals surface area contributed by atoms with Gasteiger partial charge >= 0.3 is 0 Å². The zero-order valence-corrected chi connectivity index (χ0v) is 16.8. The second-order valence-corrected chi connectivity index (χ2v) is 8.39. The van der Waals surface area contributed by atoms with Crippen molar-refractivity contribution in [2.45, 2.75) is 76.9 Å². The number of carbonyl (C=O) groups is 2.